The second kappa shape index (κ2) is 9.65. The fourth-order valence-corrected chi connectivity index (χ4v) is 4.47. The number of nitrogens with two attached hydrogens (primary N) is 1. The maximum Gasteiger partial charge on any atom is 0.261 e. The van der Waals surface area contributed by atoms with Crippen LogP contribution in [0.2, 0.25) is 0 Å². The number of para-hydroxylation sites is 1. The molecule has 2 aromatic carbocycles. The molecule has 1 saturated heterocycles. The van der Waals surface area contributed by atoms with Gasteiger partial charge in [-0.25, -0.2) is 4.98 Å². The molecule has 32 heavy (non-hydrogen) atoms. The Labute approximate surface area is 190 Å². The summed E-state index contributed by atoms with van der Waals surface area (Å²) in [5, 5.41) is 0.733. The van der Waals surface area contributed by atoms with Crippen LogP contribution in [0.3, 0.4) is 0 Å². The number of rotatable bonds is 6. The molecule has 2 N–H and O–H groups in total. The van der Waals surface area contributed by atoms with Crippen molar-refractivity contribution in [2.45, 2.75) is 6.92 Å². The molecule has 7 nitrogen and oxygen atoms in total. The van der Waals surface area contributed by atoms with Crippen molar-refractivity contribution in [2.75, 3.05) is 31.1 Å². The Balaban J connectivity index is 1.51. The number of hydrogen-bond acceptors (Lipinski definition) is 6. The Kier molecular flexibility index (Phi) is 6.51. The van der Waals surface area contributed by atoms with Crippen molar-refractivity contribution in [1.29, 1.82) is 0 Å². The summed E-state index contributed by atoms with van der Waals surface area (Å²) in [5.41, 5.74) is 7.01. The summed E-state index contributed by atoms with van der Waals surface area (Å²) in [6.45, 7) is 4.35. The second-order valence-electron chi connectivity index (χ2n) is 7.29. The number of carbonyl (C=O) groups is 2. The van der Waals surface area contributed by atoms with Crippen molar-refractivity contribution < 1.29 is 14.3 Å². The Bertz CT molecular complexity index is 1120. The van der Waals surface area contributed by atoms with Crippen LogP contribution in [0.25, 0.3) is 11.3 Å². The molecule has 2 amide bonds. The summed E-state index contributed by atoms with van der Waals surface area (Å²) in [4.78, 5) is 33.2. The number of primary amides is 1. The van der Waals surface area contributed by atoms with Gasteiger partial charge in [-0.2, -0.15) is 0 Å². The average Bonchev–Trinajstić information content (AvgIpc) is 3.26. The number of benzene rings is 2. The van der Waals surface area contributed by atoms with Crippen molar-refractivity contribution in [1.82, 2.24) is 9.88 Å². The van der Waals surface area contributed by atoms with E-state index < -0.39 is 5.91 Å². The van der Waals surface area contributed by atoms with E-state index in [2.05, 4.69) is 4.90 Å². The number of anilines is 1. The highest BCUT2D eigenvalue weighted by Crippen LogP contribution is 2.34. The molecule has 0 unspecified atom stereocenters. The zero-order chi connectivity index (χ0) is 22.5. The van der Waals surface area contributed by atoms with Crippen molar-refractivity contribution in [3.8, 4) is 22.8 Å². The molecule has 0 radical (unpaired) electrons. The number of nitrogens with zero attached hydrogens (tertiary/aromatic N) is 3. The van der Waals surface area contributed by atoms with E-state index in [1.54, 1.807) is 12.2 Å². The monoisotopic (exact) mass is 448 g/mol. The van der Waals surface area contributed by atoms with Crippen LogP contribution in [-0.4, -0.2) is 47.9 Å². The molecular weight excluding hydrogens is 424 g/mol. The Morgan fingerprint density at radius 2 is 1.66 bits per heavy atom. The molecule has 0 atom stereocenters. The highest BCUT2D eigenvalue weighted by atomic mass is 32.1. The summed E-state index contributed by atoms with van der Waals surface area (Å²) < 4.78 is 5.84. The lowest BCUT2D eigenvalue weighted by atomic mass is 10.1. The first-order valence-electron chi connectivity index (χ1n) is 10.4. The van der Waals surface area contributed by atoms with Crippen LogP contribution in [0.1, 0.15) is 16.6 Å². The minimum absolute atomic E-state index is 0.0163. The van der Waals surface area contributed by atoms with Crippen molar-refractivity contribution in [3.63, 3.8) is 0 Å². The molecule has 1 aliphatic rings. The van der Waals surface area contributed by atoms with Gasteiger partial charge < -0.3 is 20.3 Å². The Morgan fingerprint density at radius 3 is 2.28 bits per heavy atom. The normalized spacial score (nSPS) is 14.0. The van der Waals surface area contributed by atoms with Crippen LogP contribution >= 0.6 is 11.3 Å². The van der Waals surface area contributed by atoms with Gasteiger partial charge in [-0.3, -0.25) is 9.59 Å². The first-order valence-corrected chi connectivity index (χ1v) is 11.2. The first kappa shape index (κ1) is 21.6. The minimum atomic E-state index is -0.504. The predicted molar refractivity (Wildman–Crippen MR) is 126 cm³/mol. The van der Waals surface area contributed by atoms with E-state index in [0.29, 0.717) is 42.5 Å². The summed E-state index contributed by atoms with van der Waals surface area (Å²) >= 11 is 1.29. The number of carbonyl (C=O) groups excluding carboxylic acids is 2. The van der Waals surface area contributed by atoms with Crippen LogP contribution in [-0.2, 0) is 4.79 Å². The predicted octanol–water partition coefficient (Wildman–Crippen LogP) is 3.93. The first-order chi connectivity index (χ1) is 15.5. The lowest BCUT2D eigenvalue weighted by molar-refractivity contribution is -0.126. The highest BCUT2D eigenvalue weighted by Gasteiger charge is 2.25. The van der Waals surface area contributed by atoms with Crippen LogP contribution in [0.5, 0.6) is 11.5 Å². The van der Waals surface area contributed by atoms with E-state index in [4.69, 9.17) is 15.5 Å². The van der Waals surface area contributed by atoms with E-state index in [1.807, 2.05) is 66.4 Å². The van der Waals surface area contributed by atoms with Crippen LogP contribution in [0.15, 0.2) is 66.7 Å². The molecule has 1 aromatic heterocycles. The van der Waals surface area contributed by atoms with Crippen LogP contribution < -0.4 is 15.4 Å². The third-order valence-electron chi connectivity index (χ3n) is 5.12. The van der Waals surface area contributed by atoms with Gasteiger partial charge in [0, 0.05) is 31.7 Å². The smallest absolute Gasteiger partial charge is 0.261 e. The van der Waals surface area contributed by atoms with E-state index in [0.717, 1.165) is 16.4 Å². The van der Waals surface area contributed by atoms with Crippen molar-refractivity contribution in [3.05, 3.63) is 71.6 Å². The lowest BCUT2D eigenvalue weighted by Crippen LogP contribution is -2.48. The zero-order valence-corrected chi connectivity index (χ0v) is 18.5. The van der Waals surface area contributed by atoms with E-state index in [-0.39, 0.29) is 5.91 Å². The number of aromatic nitrogens is 1. The van der Waals surface area contributed by atoms with Gasteiger partial charge >= 0.3 is 0 Å². The van der Waals surface area contributed by atoms with Gasteiger partial charge in [-0.05, 0) is 49.4 Å². The standard InChI is InChI=1S/C24H24N4O3S/c1-2-6-20(29)27-13-15-28(16-14-27)24-26-21(22(32-24)23(25)30)17-9-11-19(12-10-17)31-18-7-4-3-5-8-18/h2-12H,13-16H2,1H3,(H2,25,30)/b6-2+. The van der Waals surface area contributed by atoms with Crippen molar-refractivity contribution in [2.24, 2.45) is 5.73 Å². The highest BCUT2D eigenvalue weighted by molar-refractivity contribution is 7.18. The number of allylic oxidation sites excluding steroid dienone is 1. The SMILES string of the molecule is C/C=C/C(=O)N1CCN(c2nc(-c3ccc(Oc4ccccc4)cc3)c(C(N)=O)s2)CC1. The Hall–Kier alpha value is -3.65. The number of thiazole rings is 1. The van der Waals surface area contributed by atoms with Gasteiger partial charge in [0.15, 0.2) is 5.13 Å². The van der Waals surface area contributed by atoms with E-state index in [1.165, 1.54) is 11.3 Å². The molecule has 0 aliphatic carbocycles. The van der Waals surface area contributed by atoms with Gasteiger partial charge in [0.2, 0.25) is 5.91 Å². The second-order valence-corrected chi connectivity index (χ2v) is 8.27. The van der Waals surface area contributed by atoms with Gasteiger partial charge in [-0.1, -0.05) is 35.6 Å². The van der Waals surface area contributed by atoms with Crippen LogP contribution in [0, 0.1) is 0 Å². The van der Waals surface area contributed by atoms with Gasteiger partial charge in [0.05, 0.1) is 5.69 Å². The number of ether oxygens (including phenoxy) is 1. The summed E-state index contributed by atoms with van der Waals surface area (Å²) in [6, 6.07) is 17.0. The molecule has 0 bridgehead atoms. The number of hydrogen-bond donors (Lipinski definition) is 1. The number of amides is 2. The Morgan fingerprint density at radius 1 is 1.00 bits per heavy atom. The fraction of sp³-hybridized carbons (Fsp3) is 0.208. The van der Waals surface area contributed by atoms with Crippen LogP contribution in [0.4, 0.5) is 5.13 Å². The van der Waals surface area contributed by atoms with Gasteiger partial charge in [-0.15, -0.1) is 0 Å². The van der Waals surface area contributed by atoms with Gasteiger partial charge in [0.1, 0.15) is 16.4 Å². The molecular formula is C24H24N4O3S. The largest absolute Gasteiger partial charge is 0.457 e. The molecule has 164 valence electrons. The molecule has 4 rings (SSSR count). The topological polar surface area (TPSA) is 88.8 Å². The average molecular weight is 449 g/mol. The molecule has 0 spiro atoms. The summed E-state index contributed by atoms with van der Waals surface area (Å²) in [7, 11) is 0. The summed E-state index contributed by atoms with van der Waals surface area (Å²) in [5.74, 6) is 0.955. The fourth-order valence-electron chi connectivity index (χ4n) is 3.48. The van der Waals surface area contributed by atoms with Gasteiger partial charge in [0.25, 0.3) is 5.91 Å². The molecule has 1 fully saturated rings. The number of piperazine rings is 1. The molecule has 3 aromatic rings. The molecule has 8 heteroatoms. The molecule has 1 aliphatic heterocycles. The molecule has 0 saturated carbocycles. The molecule has 2 heterocycles. The maximum absolute atomic E-state index is 12.1. The third-order valence-corrected chi connectivity index (χ3v) is 6.25. The van der Waals surface area contributed by atoms with E-state index >= 15 is 0 Å². The van der Waals surface area contributed by atoms with Crippen molar-refractivity contribution >= 4 is 28.3 Å². The quantitative estimate of drug-likeness (QED) is 0.577. The summed E-state index contributed by atoms with van der Waals surface area (Å²) in [6.07, 6.45) is 3.32. The maximum atomic E-state index is 12.1. The van der Waals surface area contributed by atoms with E-state index in [9.17, 15) is 9.59 Å². The zero-order valence-electron chi connectivity index (χ0n) is 17.7. The lowest BCUT2D eigenvalue weighted by Gasteiger charge is -2.34. The minimum Gasteiger partial charge on any atom is -0.457 e. The third kappa shape index (κ3) is 4.81.